The van der Waals surface area contributed by atoms with Gasteiger partial charge in [0.05, 0.1) is 25.2 Å². The molecule has 1 saturated heterocycles. The zero-order valence-electron chi connectivity index (χ0n) is 12.1. The number of imidazole rings is 1. The quantitative estimate of drug-likeness (QED) is 0.755. The lowest BCUT2D eigenvalue weighted by Gasteiger charge is -2.24. The highest BCUT2D eigenvalue weighted by molar-refractivity contribution is 5.06. The predicted octanol–water partition coefficient (Wildman–Crippen LogP) is 1.28. The highest BCUT2D eigenvalue weighted by Crippen LogP contribution is 2.22. The van der Waals surface area contributed by atoms with Crippen molar-refractivity contribution in [2.75, 3.05) is 40.4 Å². The van der Waals surface area contributed by atoms with Crippen molar-refractivity contribution >= 4 is 0 Å². The molecule has 1 fully saturated rings. The molecule has 0 spiro atoms. The molecule has 1 aromatic rings. The number of likely N-dealkylation sites (N-methyl/N-ethyl adjacent to an activating group) is 1. The molecule has 0 saturated carbocycles. The number of nitrogens with one attached hydrogen (secondary N) is 1. The maximum atomic E-state index is 5.65. The Labute approximate surface area is 116 Å². The van der Waals surface area contributed by atoms with Gasteiger partial charge < -0.3 is 19.5 Å². The molecule has 0 radical (unpaired) electrons. The maximum absolute atomic E-state index is 5.65. The Morgan fingerprint density at radius 1 is 1.42 bits per heavy atom. The molecule has 0 bridgehead atoms. The molecule has 2 rings (SSSR count). The Hall–Kier alpha value is -0.910. The smallest absolute Gasteiger partial charge is 0.0949 e. The highest BCUT2D eigenvalue weighted by Gasteiger charge is 2.17. The van der Waals surface area contributed by atoms with E-state index in [4.69, 9.17) is 4.74 Å². The fourth-order valence-corrected chi connectivity index (χ4v) is 2.42. The third-order valence-electron chi connectivity index (χ3n) is 3.57. The van der Waals surface area contributed by atoms with Gasteiger partial charge in [-0.05, 0) is 33.5 Å². The number of hydrogen-bond acceptors (Lipinski definition) is 4. The van der Waals surface area contributed by atoms with E-state index in [1.54, 1.807) is 0 Å². The van der Waals surface area contributed by atoms with Crippen molar-refractivity contribution in [3.63, 3.8) is 0 Å². The first-order valence-electron chi connectivity index (χ1n) is 7.23. The van der Waals surface area contributed by atoms with Crippen LogP contribution in [0.4, 0.5) is 0 Å². The first kappa shape index (κ1) is 14.5. The van der Waals surface area contributed by atoms with Gasteiger partial charge in [-0.2, -0.15) is 0 Å². The van der Waals surface area contributed by atoms with E-state index >= 15 is 0 Å². The predicted molar refractivity (Wildman–Crippen MR) is 76.2 cm³/mol. The van der Waals surface area contributed by atoms with Crippen LogP contribution in [-0.2, 0) is 11.3 Å². The first-order valence-corrected chi connectivity index (χ1v) is 7.23. The van der Waals surface area contributed by atoms with E-state index in [2.05, 4.69) is 33.9 Å². The molecule has 19 heavy (non-hydrogen) atoms. The van der Waals surface area contributed by atoms with Crippen LogP contribution in [-0.4, -0.2) is 54.8 Å². The summed E-state index contributed by atoms with van der Waals surface area (Å²) >= 11 is 0. The molecule has 0 aromatic carbocycles. The van der Waals surface area contributed by atoms with Crippen LogP contribution in [0, 0.1) is 0 Å². The molecule has 1 aliphatic heterocycles. The molecular formula is C14H26N4O. The summed E-state index contributed by atoms with van der Waals surface area (Å²) in [6.45, 7) is 4.53. The maximum Gasteiger partial charge on any atom is 0.0949 e. The zero-order chi connectivity index (χ0) is 13.5. The summed E-state index contributed by atoms with van der Waals surface area (Å²) < 4.78 is 7.87. The van der Waals surface area contributed by atoms with Gasteiger partial charge >= 0.3 is 0 Å². The molecule has 1 atom stereocenters. The van der Waals surface area contributed by atoms with Crippen LogP contribution in [0.2, 0.25) is 0 Å². The Morgan fingerprint density at radius 2 is 2.32 bits per heavy atom. The lowest BCUT2D eigenvalue weighted by atomic mass is 10.0. The Morgan fingerprint density at radius 3 is 3.05 bits per heavy atom. The van der Waals surface area contributed by atoms with E-state index in [1.807, 2.05) is 12.5 Å². The summed E-state index contributed by atoms with van der Waals surface area (Å²) in [4.78, 5) is 6.42. The van der Waals surface area contributed by atoms with Crippen LogP contribution in [0.1, 0.15) is 31.0 Å². The Bertz CT molecular complexity index is 358. The molecule has 108 valence electrons. The van der Waals surface area contributed by atoms with Gasteiger partial charge in [-0.3, -0.25) is 0 Å². The molecule has 0 amide bonds. The van der Waals surface area contributed by atoms with E-state index in [9.17, 15) is 0 Å². The van der Waals surface area contributed by atoms with Crippen LogP contribution in [0.15, 0.2) is 12.5 Å². The molecule has 0 aliphatic carbocycles. The number of rotatable bonds is 7. The standard InChI is InChI=1S/C14H26N4O/c1-17(2)7-9-19-10-8-18-12-15-11-14(18)13-5-3-4-6-16-13/h11-13,16H,3-10H2,1-2H3. The second-order valence-electron chi connectivity index (χ2n) is 5.43. The Balaban J connectivity index is 1.76. The highest BCUT2D eigenvalue weighted by atomic mass is 16.5. The number of hydrogen-bond donors (Lipinski definition) is 1. The van der Waals surface area contributed by atoms with Gasteiger partial charge in [0.2, 0.25) is 0 Å². The molecule has 1 aliphatic rings. The van der Waals surface area contributed by atoms with Crippen molar-refractivity contribution in [2.45, 2.75) is 31.8 Å². The van der Waals surface area contributed by atoms with Crippen LogP contribution in [0.3, 0.4) is 0 Å². The number of piperidine rings is 1. The van der Waals surface area contributed by atoms with Gasteiger partial charge in [-0.25, -0.2) is 4.98 Å². The topological polar surface area (TPSA) is 42.3 Å². The summed E-state index contributed by atoms with van der Waals surface area (Å²) in [5, 5.41) is 3.57. The first-order chi connectivity index (χ1) is 9.27. The second-order valence-corrected chi connectivity index (χ2v) is 5.43. The summed E-state index contributed by atoms with van der Waals surface area (Å²) in [5.74, 6) is 0. The minimum Gasteiger partial charge on any atom is -0.378 e. The van der Waals surface area contributed by atoms with Crippen LogP contribution in [0.5, 0.6) is 0 Å². The normalized spacial score (nSPS) is 20.1. The van der Waals surface area contributed by atoms with Crippen molar-refractivity contribution in [2.24, 2.45) is 0 Å². The van der Waals surface area contributed by atoms with Crippen molar-refractivity contribution in [3.8, 4) is 0 Å². The summed E-state index contributed by atoms with van der Waals surface area (Å²) in [6.07, 6.45) is 7.72. The monoisotopic (exact) mass is 266 g/mol. The number of aromatic nitrogens is 2. The average molecular weight is 266 g/mol. The van der Waals surface area contributed by atoms with Crippen molar-refractivity contribution in [1.82, 2.24) is 19.8 Å². The van der Waals surface area contributed by atoms with Gasteiger partial charge in [0, 0.05) is 25.3 Å². The lowest BCUT2D eigenvalue weighted by Crippen LogP contribution is -2.29. The van der Waals surface area contributed by atoms with Gasteiger partial charge in [0.25, 0.3) is 0 Å². The van der Waals surface area contributed by atoms with Crippen LogP contribution < -0.4 is 5.32 Å². The molecule has 5 heteroatoms. The summed E-state index contributed by atoms with van der Waals surface area (Å²) in [7, 11) is 4.12. The van der Waals surface area contributed by atoms with Gasteiger partial charge in [0.15, 0.2) is 0 Å². The molecular weight excluding hydrogens is 240 g/mol. The van der Waals surface area contributed by atoms with Crippen LogP contribution in [0.25, 0.3) is 0 Å². The van der Waals surface area contributed by atoms with E-state index < -0.39 is 0 Å². The summed E-state index contributed by atoms with van der Waals surface area (Å²) in [6, 6.07) is 0.470. The third kappa shape index (κ3) is 4.60. The molecule has 5 nitrogen and oxygen atoms in total. The zero-order valence-corrected chi connectivity index (χ0v) is 12.1. The molecule has 2 heterocycles. The van der Waals surface area contributed by atoms with E-state index in [-0.39, 0.29) is 0 Å². The van der Waals surface area contributed by atoms with Gasteiger partial charge in [-0.15, -0.1) is 0 Å². The van der Waals surface area contributed by atoms with Crippen molar-refractivity contribution < 1.29 is 4.74 Å². The van der Waals surface area contributed by atoms with E-state index in [0.717, 1.165) is 32.8 Å². The minimum atomic E-state index is 0.470. The summed E-state index contributed by atoms with van der Waals surface area (Å²) in [5.41, 5.74) is 1.30. The van der Waals surface area contributed by atoms with E-state index in [0.29, 0.717) is 6.04 Å². The SMILES string of the molecule is CN(C)CCOCCn1cncc1C1CCCCN1. The van der Waals surface area contributed by atoms with Gasteiger partial charge in [-0.1, -0.05) is 6.42 Å². The average Bonchev–Trinajstić information content (AvgIpc) is 2.87. The second kappa shape index (κ2) is 7.62. The van der Waals surface area contributed by atoms with Gasteiger partial charge in [0.1, 0.15) is 0 Å². The van der Waals surface area contributed by atoms with E-state index in [1.165, 1.54) is 25.0 Å². The van der Waals surface area contributed by atoms with Crippen LogP contribution >= 0.6 is 0 Å². The number of ether oxygens (including phenoxy) is 1. The largest absolute Gasteiger partial charge is 0.378 e. The third-order valence-corrected chi connectivity index (χ3v) is 3.57. The molecule has 1 unspecified atom stereocenters. The van der Waals surface area contributed by atoms with Crippen molar-refractivity contribution in [1.29, 1.82) is 0 Å². The number of nitrogens with zero attached hydrogens (tertiary/aromatic N) is 3. The fourth-order valence-electron chi connectivity index (χ4n) is 2.42. The Kier molecular flexibility index (Phi) is 5.82. The van der Waals surface area contributed by atoms with Crippen molar-refractivity contribution in [3.05, 3.63) is 18.2 Å². The fraction of sp³-hybridized carbons (Fsp3) is 0.786. The molecule has 1 aromatic heterocycles. The molecule has 1 N–H and O–H groups in total. The minimum absolute atomic E-state index is 0.470. The lowest BCUT2D eigenvalue weighted by molar-refractivity contribution is 0.110.